The van der Waals surface area contributed by atoms with Gasteiger partial charge in [-0.3, -0.25) is 4.79 Å². The Hall–Kier alpha value is -2.88. The fourth-order valence-electron chi connectivity index (χ4n) is 3.92. The van der Waals surface area contributed by atoms with Crippen LogP contribution in [0.4, 0.5) is 8.78 Å². The maximum atomic E-state index is 14.7. The summed E-state index contributed by atoms with van der Waals surface area (Å²) >= 11 is 6.10. The lowest BCUT2D eigenvalue weighted by molar-refractivity contribution is -0.138. The van der Waals surface area contributed by atoms with Crippen LogP contribution in [0, 0.1) is 11.7 Å². The maximum Gasteiger partial charge on any atom is 0.248 e. The third-order valence-electron chi connectivity index (χ3n) is 5.67. The van der Waals surface area contributed by atoms with E-state index in [2.05, 4.69) is 10.1 Å². The summed E-state index contributed by atoms with van der Waals surface area (Å²) in [6, 6.07) is 12.3. The van der Waals surface area contributed by atoms with E-state index in [9.17, 15) is 18.7 Å². The highest BCUT2D eigenvalue weighted by atomic mass is 35.5. The Morgan fingerprint density at radius 3 is 2.57 bits per heavy atom. The second-order valence-electron chi connectivity index (χ2n) is 8.70. The summed E-state index contributed by atoms with van der Waals surface area (Å²) in [5.41, 5.74) is 6.82. The van der Waals surface area contributed by atoms with E-state index in [4.69, 9.17) is 17.3 Å². The summed E-state index contributed by atoms with van der Waals surface area (Å²) in [6.45, 7) is 2.79. The van der Waals surface area contributed by atoms with Gasteiger partial charge in [0, 0.05) is 17.6 Å². The molecule has 0 bridgehead atoms. The van der Waals surface area contributed by atoms with Crippen molar-refractivity contribution in [3.63, 3.8) is 0 Å². The fraction of sp³-hybridized carbons (Fsp3) is 0.400. The van der Waals surface area contributed by atoms with Gasteiger partial charge >= 0.3 is 0 Å². The smallest absolute Gasteiger partial charge is 0.248 e. The number of amides is 1. The summed E-state index contributed by atoms with van der Waals surface area (Å²) in [5.74, 6) is -0.703. The molecule has 7 nitrogen and oxygen atoms in total. The maximum absolute atomic E-state index is 14.7. The number of alkyl halides is 1. The predicted molar refractivity (Wildman–Crippen MR) is 131 cm³/mol. The van der Waals surface area contributed by atoms with Crippen LogP contribution in [0.25, 0.3) is 11.4 Å². The van der Waals surface area contributed by atoms with Gasteiger partial charge in [0.15, 0.2) is 11.6 Å². The molecule has 0 radical (unpaired) electrons. The van der Waals surface area contributed by atoms with E-state index in [1.807, 2.05) is 44.2 Å². The SMILES string of the molecule is CC(C)[C@H](c1nc(-c2cc(Cl)ccc2F)nn1Cc1ccccc1)N(CC[C@H](N)CF)C(=O)CO. The highest BCUT2D eigenvalue weighted by molar-refractivity contribution is 6.30. The van der Waals surface area contributed by atoms with Gasteiger partial charge in [-0.15, -0.1) is 0 Å². The lowest BCUT2D eigenvalue weighted by Gasteiger charge is -2.34. The molecule has 0 fully saturated rings. The molecule has 0 aliphatic heterocycles. The Balaban J connectivity index is 2.13. The number of benzene rings is 2. The Morgan fingerprint density at radius 2 is 1.94 bits per heavy atom. The van der Waals surface area contributed by atoms with Gasteiger partial charge in [0.1, 0.15) is 19.1 Å². The van der Waals surface area contributed by atoms with Gasteiger partial charge in [0.05, 0.1) is 18.2 Å². The van der Waals surface area contributed by atoms with Crippen molar-refractivity contribution in [1.82, 2.24) is 19.7 Å². The van der Waals surface area contributed by atoms with Crippen molar-refractivity contribution in [2.24, 2.45) is 11.7 Å². The van der Waals surface area contributed by atoms with E-state index < -0.39 is 37.1 Å². The van der Waals surface area contributed by atoms with Crippen LogP contribution in [0.3, 0.4) is 0 Å². The molecule has 0 spiro atoms. The number of carbonyl (C=O) groups excluding carboxylic acids is 1. The number of hydrogen-bond donors (Lipinski definition) is 2. The van der Waals surface area contributed by atoms with Gasteiger partial charge in [-0.1, -0.05) is 55.8 Å². The summed E-state index contributed by atoms with van der Waals surface area (Å²) in [7, 11) is 0. The minimum absolute atomic E-state index is 0.117. The molecule has 2 atom stereocenters. The van der Waals surface area contributed by atoms with Crippen molar-refractivity contribution in [2.45, 2.75) is 38.9 Å². The van der Waals surface area contributed by atoms with Crippen molar-refractivity contribution in [2.75, 3.05) is 19.8 Å². The molecule has 1 amide bonds. The number of aromatic nitrogens is 3. The summed E-state index contributed by atoms with van der Waals surface area (Å²) in [4.78, 5) is 18.9. The molecule has 0 aliphatic carbocycles. The monoisotopic (exact) mass is 505 g/mol. The van der Waals surface area contributed by atoms with Crippen molar-refractivity contribution in [3.05, 3.63) is 70.8 Å². The molecule has 1 heterocycles. The summed E-state index contributed by atoms with van der Waals surface area (Å²) in [6.07, 6.45) is 0.202. The molecular weight excluding hydrogens is 476 g/mol. The Labute approximate surface area is 208 Å². The normalized spacial score (nSPS) is 13.1. The summed E-state index contributed by atoms with van der Waals surface area (Å²) < 4.78 is 29.3. The number of nitrogens with two attached hydrogens (primary N) is 1. The van der Waals surface area contributed by atoms with Crippen LogP contribution in [-0.4, -0.2) is 56.5 Å². The number of carbonyl (C=O) groups is 1. The molecule has 188 valence electrons. The average molecular weight is 506 g/mol. The van der Waals surface area contributed by atoms with Gasteiger partial charge in [-0.2, -0.15) is 5.10 Å². The number of nitrogens with zero attached hydrogens (tertiary/aromatic N) is 4. The first-order valence-electron chi connectivity index (χ1n) is 11.4. The molecular formula is C25H30ClF2N5O2. The van der Waals surface area contributed by atoms with Crippen LogP contribution in [0.15, 0.2) is 48.5 Å². The highest BCUT2D eigenvalue weighted by Gasteiger charge is 2.33. The van der Waals surface area contributed by atoms with Gasteiger partial charge in [-0.25, -0.2) is 18.4 Å². The molecule has 0 saturated carbocycles. The van der Waals surface area contributed by atoms with E-state index in [1.54, 1.807) is 4.68 Å². The number of aliphatic hydroxyl groups is 1. The van der Waals surface area contributed by atoms with Crippen molar-refractivity contribution >= 4 is 17.5 Å². The van der Waals surface area contributed by atoms with Crippen LogP contribution >= 0.6 is 11.6 Å². The van der Waals surface area contributed by atoms with Gasteiger partial charge in [0.25, 0.3) is 0 Å². The number of rotatable bonds is 11. The molecule has 3 N–H and O–H groups in total. The van der Waals surface area contributed by atoms with Crippen LogP contribution in [-0.2, 0) is 11.3 Å². The Kier molecular flexibility index (Phi) is 9.31. The second kappa shape index (κ2) is 12.2. The molecule has 35 heavy (non-hydrogen) atoms. The standard InChI is InChI=1S/C25H30ClF2N5O2/c1-16(2)23(32(22(35)15-34)11-10-19(29)13-27)25-30-24(20-12-18(26)8-9-21(20)28)31-33(25)14-17-6-4-3-5-7-17/h3-9,12,16,19,23,34H,10-11,13-15,29H2,1-2H3/t19-,23+/m0/s1. The highest BCUT2D eigenvalue weighted by Crippen LogP contribution is 2.32. The zero-order valence-electron chi connectivity index (χ0n) is 19.7. The first-order valence-corrected chi connectivity index (χ1v) is 11.8. The number of hydrogen-bond acceptors (Lipinski definition) is 5. The number of halogens is 3. The second-order valence-corrected chi connectivity index (χ2v) is 9.13. The largest absolute Gasteiger partial charge is 0.387 e. The molecule has 10 heteroatoms. The predicted octanol–water partition coefficient (Wildman–Crippen LogP) is 3.99. The third kappa shape index (κ3) is 6.62. The van der Waals surface area contributed by atoms with Crippen molar-refractivity contribution in [3.8, 4) is 11.4 Å². The minimum Gasteiger partial charge on any atom is -0.387 e. The van der Waals surface area contributed by atoms with Crippen molar-refractivity contribution in [1.29, 1.82) is 0 Å². The molecule has 3 rings (SSSR count). The molecule has 0 saturated heterocycles. The minimum atomic E-state index is -0.741. The van der Waals surface area contributed by atoms with E-state index >= 15 is 0 Å². The molecule has 1 aromatic heterocycles. The van der Waals surface area contributed by atoms with Gasteiger partial charge in [-0.05, 0) is 36.1 Å². The first-order chi connectivity index (χ1) is 16.7. The third-order valence-corrected chi connectivity index (χ3v) is 5.91. The molecule has 2 aromatic carbocycles. The van der Waals surface area contributed by atoms with Crippen LogP contribution < -0.4 is 5.73 Å². The quantitative estimate of drug-likeness (QED) is 0.410. The van der Waals surface area contributed by atoms with E-state index in [0.717, 1.165) is 5.56 Å². The lowest BCUT2D eigenvalue weighted by Crippen LogP contribution is -2.43. The van der Waals surface area contributed by atoms with Gasteiger partial charge < -0.3 is 15.7 Å². The first kappa shape index (κ1) is 26.7. The van der Waals surface area contributed by atoms with E-state index in [0.29, 0.717) is 17.4 Å². The molecule has 0 unspecified atom stereocenters. The van der Waals surface area contributed by atoms with Crippen LogP contribution in [0.1, 0.15) is 37.7 Å². The average Bonchev–Trinajstić information content (AvgIpc) is 3.25. The Morgan fingerprint density at radius 1 is 1.23 bits per heavy atom. The zero-order chi connectivity index (χ0) is 25.5. The molecule has 3 aromatic rings. The Bertz CT molecular complexity index is 1130. The van der Waals surface area contributed by atoms with Gasteiger partial charge in [0.2, 0.25) is 5.91 Å². The topological polar surface area (TPSA) is 97.3 Å². The van der Waals surface area contributed by atoms with E-state index in [1.165, 1.54) is 23.1 Å². The number of aliphatic hydroxyl groups excluding tert-OH is 1. The van der Waals surface area contributed by atoms with E-state index in [-0.39, 0.29) is 30.3 Å². The fourth-order valence-corrected chi connectivity index (χ4v) is 4.09. The van der Waals surface area contributed by atoms with Crippen LogP contribution in [0.2, 0.25) is 5.02 Å². The molecule has 0 aliphatic rings. The zero-order valence-corrected chi connectivity index (χ0v) is 20.5. The van der Waals surface area contributed by atoms with Crippen molar-refractivity contribution < 1.29 is 18.7 Å². The lowest BCUT2D eigenvalue weighted by atomic mass is 10.00. The summed E-state index contributed by atoms with van der Waals surface area (Å²) in [5, 5.41) is 14.6. The van der Waals surface area contributed by atoms with Crippen LogP contribution in [0.5, 0.6) is 0 Å².